The van der Waals surface area contributed by atoms with E-state index in [1.807, 2.05) is 0 Å². The minimum Gasteiger partial charge on any atom is -0.394 e. The summed E-state index contributed by atoms with van der Waals surface area (Å²) in [6.45, 7) is 10.3. The standard InChI is InChI=1S/C50H93N3O15/c1-35(2)26-32-64-29-18-8-7-16-27-51-42(57)23-12-6-5-11-22-39(56)38(53-44(59)25-14-10-20-31-66-50-37(4)46(61)48(63)41(34-55)68-50)21-15-17-28-52-43(58)24-13-9-19-30-65-49-36(3)45(60)47(62)40(33-54)67-49/h35-38,40-41,45-50,54-55,60-63H,5-34H2,1-4H3,(H,51,57)(H,52,58)(H,53,59)/t36?,37?,38-,40?,41?,45?,46?,47?,48?,49?,50?/m0/s1. The van der Waals surface area contributed by atoms with E-state index in [0.29, 0.717) is 109 Å². The fraction of sp³-hybridized carbons (Fsp3) is 0.920. The number of hydrogen-bond acceptors (Lipinski definition) is 15. The highest BCUT2D eigenvalue weighted by Gasteiger charge is 2.43. The van der Waals surface area contributed by atoms with Crippen LogP contribution in [0.4, 0.5) is 0 Å². The molecule has 68 heavy (non-hydrogen) atoms. The molecule has 2 heterocycles. The zero-order valence-electron chi connectivity index (χ0n) is 42.0. The van der Waals surface area contributed by atoms with Gasteiger partial charge >= 0.3 is 0 Å². The molecule has 2 fully saturated rings. The molecule has 18 heteroatoms. The first-order chi connectivity index (χ1) is 32.7. The van der Waals surface area contributed by atoms with Gasteiger partial charge in [0.25, 0.3) is 0 Å². The van der Waals surface area contributed by atoms with Gasteiger partial charge in [0.1, 0.15) is 24.4 Å². The van der Waals surface area contributed by atoms with Crippen molar-refractivity contribution in [3.8, 4) is 0 Å². The van der Waals surface area contributed by atoms with E-state index in [1.165, 1.54) is 0 Å². The van der Waals surface area contributed by atoms with Crippen molar-refractivity contribution in [3.05, 3.63) is 0 Å². The van der Waals surface area contributed by atoms with Gasteiger partial charge in [-0.3, -0.25) is 19.2 Å². The van der Waals surface area contributed by atoms with E-state index in [2.05, 4.69) is 29.8 Å². The van der Waals surface area contributed by atoms with E-state index in [1.54, 1.807) is 13.8 Å². The van der Waals surface area contributed by atoms with Crippen LogP contribution in [0.15, 0.2) is 0 Å². The zero-order chi connectivity index (χ0) is 50.1. The molecule has 2 saturated heterocycles. The minimum atomic E-state index is -1.19. The first-order valence-corrected chi connectivity index (χ1v) is 26.1. The maximum absolute atomic E-state index is 13.4. The highest BCUT2D eigenvalue weighted by Crippen LogP contribution is 2.28. The lowest BCUT2D eigenvalue weighted by Crippen LogP contribution is -2.55. The number of unbranched alkanes of at least 4 members (excludes halogenated alkanes) is 11. The first kappa shape index (κ1) is 61.8. The van der Waals surface area contributed by atoms with Crippen molar-refractivity contribution < 1.29 is 73.5 Å². The van der Waals surface area contributed by atoms with Crippen LogP contribution in [-0.2, 0) is 42.9 Å². The number of aliphatic hydroxyl groups is 6. The third kappa shape index (κ3) is 26.2. The molecular formula is C50H93N3O15. The van der Waals surface area contributed by atoms with E-state index in [4.69, 9.17) is 23.7 Å². The number of nitrogens with one attached hydrogen (secondary N) is 3. The summed E-state index contributed by atoms with van der Waals surface area (Å²) in [4.78, 5) is 51.3. The average molecular weight is 976 g/mol. The van der Waals surface area contributed by atoms with Crippen LogP contribution in [-0.4, -0.2) is 162 Å². The summed E-state index contributed by atoms with van der Waals surface area (Å²) in [7, 11) is 0. The maximum atomic E-state index is 13.4. The lowest BCUT2D eigenvalue weighted by atomic mass is 9.92. The van der Waals surface area contributed by atoms with E-state index in [0.717, 1.165) is 71.0 Å². The van der Waals surface area contributed by atoms with Gasteiger partial charge in [0.05, 0.1) is 31.5 Å². The molecule has 2 rings (SSSR count). The van der Waals surface area contributed by atoms with Crippen LogP contribution in [0.3, 0.4) is 0 Å². The number of amides is 3. The third-order valence-corrected chi connectivity index (χ3v) is 13.0. The molecule has 0 aromatic heterocycles. The summed E-state index contributed by atoms with van der Waals surface area (Å²) >= 11 is 0. The first-order valence-electron chi connectivity index (χ1n) is 26.1. The van der Waals surface area contributed by atoms with Gasteiger partial charge in [-0.15, -0.1) is 0 Å². The summed E-state index contributed by atoms with van der Waals surface area (Å²) in [5, 5.41) is 68.3. The Balaban J connectivity index is 1.68. The second-order valence-electron chi connectivity index (χ2n) is 19.4. The van der Waals surface area contributed by atoms with E-state index < -0.39 is 80.3 Å². The Labute approximate surface area is 406 Å². The smallest absolute Gasteiger partial charge is 0.220 e. The molecule has 0 aromatic carbocycles. The molecule has 11 atom stereocenters. The lowest BCUT2D eigenvalue weighted by Gasteiger charge is -2.40. The number of ether oxygens (including phenoxy) is 5. The molecule has 398 valence electrons. The van der Waals surface area contributed by atoms with Crippen molar-refractivity contribution >= 4 is 23.5 Å². The highest BCUT2D eigenvalue weighted by molar-refractivity contribution is 5.89. The molecule has 0 bridgehead atoms. The Hall–Kier alpha value is -2.36. The van der Waals surface area contributed by atoms with Crippen LogP contribution in [0.1, 0.15) is 169 Å². The number of carbonyl (C=O) groups excluding carboxylic acids is 4. The minimum absolute atomic E-state index is 0.0267. The van der Waals surface area contributed by atoms with Gasteiger partial charge in [-0.05, 0) is 83.0 Å². The summed E-state index contributed by atoms with van der Waals surface area (Å²) in [6.07, 6.45) is 7.47. The molecule has 2 aliphatic rings. The monoisotopic (exact) mass is 976 g/mol. The molecule has 0 spiro atoms. The van der Waals surface area contributed by atoms with Crippen LogP contribution in [0, 0.1) is 17.8 Å². The second kappa shape index (κ2) is 37.4. The Bertz CT molecular complexity index is 1340. The fourth-order valence-electron chi connectivity index (χ4n) is 8.25. The Morgan fingerprint density at radius 3 is 1.43 bits per heavy atom. The normalized spacial score (nSPS) is 25.6. The van der Waals surface area contributed by atoms with Crippen molar-refractivity contribution in [1.29, 1.82) is 0 Å². The molecule has 9 N–H and O–H groups in total. The Morgan fingerprint density at radius 2 is 0.926 bits per heavy atom. The number of hydrogen-bond donors (Lipinski definition) is 9. The maximum Gasteiger partial charge on any atom is 0.220 e. The fourth-order valence-corrected chi connectivity index (χ4v) is 8.25. The third-order valence-electron chi connectivity index (χ3n) is 13.0. The van der Waals surface area contributed by atoms with Gasteiger partial charge in [-0.25, -0.2) is 0 Å². The highest BCUT2D eigenvalue weighted by atomic mass is 16.7. The van der Waals surface area contributed by atoms with Crippen LogP contribution in [0.2, 0.25) is 0 Å². The van der Waals surface area contributed by atoms with Crippen LogP contribution < -0.4 is 16.0 Å². The van der Waals surface area contributed by atoms with Gasteiger partial charge in [0, 0.05) is 77.0 Å². The SMILES string of the molecule is CC(C)CCOCCCCCCNC(=O)CCCCCCC(=O)[C@H](CCCCNC(=O)CCCCCOC1OC(CO)C(O)C(O)C1C)NC(=O)CCCCCOC1OC(CO)C(O)C(O)C1C. The molecule has 0 aromatic rings. The Kier molecular flexibility index (Phi) is 34.0. The second-order valence-corrected chi connectivity index (χ2v) is 19.4. The quantitative estimate of drug-likeness (QED) is 0.0396. The van der Waals surface area contributed by atoms with Crippen molar-refractivity contribution in [2.75, 3.05) is 52.7 Å². The van der Waals surface area contributed by atoms with Gasteiger partial charge in [-0.1, -0.05) is 66.2 Å². The predicted molar refractivity (Wildman–Crippen MR) is 256 cm³/mol. The summed E-state index contributed by atoms with van der Waals surface area (Å²) in [6, 6.07) is -0.636. The number of carbonyl (C=O) groups is 4. The van der Waals surface area contributed by atoms with Crippen LogP contribution >= 0.6 is 0 Å². The van der Waals surface area contributed by atoms with Gasteiger partial charge < -0.3 is 70.3 Å². The number of Topliss-reactive ketones (excluding diaryl/α,β-unsaturated/α-hetero) is 1. The molecule has 2 aliphatic heterocycles. The number of ketones is 1. The predicted octanol–water partition coefficient (Wildman–Crippen LogP) is 3.71. The Morgan fingerprint density at radius 1 is 0.500 bits per heavy atom. The van der Waals surface area contributed by atoms with Gasteiger partial charge in [-0.2, -0.15) is 0 Å². The van der Waals surface area contributed by atoms with E-state index >= 15 is 0 Å². The number of rotatable bonds is 40. The molecule has 0 radical (unpaired) electrons. The molecule has 10 unspecified atom stereocenters. The van der Waals surface area contributed by atoms with E-state index in [-0.39, 0.29) is 29.9 Å². The van der Waals surface area contributed by atoms with Gasteiger partial charge in [0.2, 0.25) is 17.7 Å². The van der Waals surface area contributed by atoms with Crippen molar-refractivity contribution in [2.24, 2.45) is 17.8 Å². The molecule has 0 aliphatic carbocycles. The summed E-state index contributed by atoms with van der Waals surface area (Å²) in [5.41, 5.74) is 0. The molecular weight excluding hydrogens is 883 g/mol. The molecule has 3 amide bonds. The number of aliphatic hydroxyl groups excluding tert-OH is 6. The molecule has 0 saturated carbocycles. The summed E-state index contributed by atoms with van der Waals surface area (Å²) in [5.74, 6) is -0.537. The molecule has 18 nitrogen and oxygen atoms in total. The van der Waals surface area contributed by atoms with Crippen molar-refractivity contribution in [2.45, 2.75) is 224 Å². The average Bonchev–Trinajstić information content (AvgIpc) is 3.31. The van der Waals surface area contributed by atoms with Crippen LogP contribution in [0.5, 0.6) is 0 Å². The topological polar surface area (TPSA) is 272 Å². The summed E-state index contributed by atoms with van der Waals surface area (Å²) < 4.78 is 28.4. The van der Waals surface area contributed by atoms with Crippen LogP contribution in [0.25, 0.3) is 0 Å². The van der Waals surface area contributed by atoms with Crippen molar-refractivity contribution in [3.63, 3.8) is 0 Å². The largest absolute Gasteiger partial charge is 0.394 e. The van der Waals surface area contributed by atoms with Gasteiger partial charge in [0.15, 0.2) is 18.4 Å². The lowest BCUT2D eigenvalue weighted by molar-refractivity contribution is -0.282. The van der Waals surface area contributed by atoms with Crippen molar-refractivity contribution in [1.82, 2.24) is 16.0 Å². The zero-order valence-corrected chi connectivity index (χ0v) is 42.0. The van der Waals surface area contributed by atoms with E-state index in [9.17, 15) is 49.8 Å².